The van der Waals surface area contributed by atoms with Gasteiger partial charge in [-0.25, -0.2) is 9.97 Å². The molecule has 0 aliphatic heterocycles. The Kier molecular flexibility index (Phi) is 2.33. The van der Waals surface area contributed by atoms with Gasteiger partial charge in [-0.3, -0.25) is 4.57 Å². The maximum atomic E-state index is 5.46. The van der Waals surface area contributed by atoms with E-state index in [0.29, 0.717) is 6.54 Å². The third-order valence-corrected chi connectivity index (χ3v) is 2.31. The molecule has 0 radical (unpaired) electrons. The largest absolute Gasteiger partial charge is 0.330 e. The first-order chi connectivity index (χ1) is 6.42. The number of aromatic nitrogens is 4. The maximum absolute atomic E-state index is 5.46. The van der Waals surface area contributed by atoms with Gasteiger partial charge in [-0.05, 0) is 6.54 Å². The summed E-state index contributed by atoms with van der Waals surface area (Å²) >= 11 is 1.34. The molecule has 2 rings (SSSR count). The van der Waals surface area contributed by atoms with Gasteiger partial charge in [0.25, 0.3) is 0 Å². The molecule has 0 atom stereocenters. The van der Waals surface area contributed by atoms with E-state index in [2.05, 4.69) is 14.3 Å². The lowest BCUT2D eigenvalue weighted by molar-refractivity contribution is 0.833. The molecule has 0 saturated carbocycles. The van der Waals surface area contributed by atoms with Crippen LogP contribution in [-0.2, 0) is 6.42 Å². The molecule has 6 heteroatoms. The molecule has 0 spiro atoms. The van der Waals surface area contributed by atoms with Gasteiger partial charge in [0.2, 0.25) is 5.13 Å². The van der Waals surface area contributed by atoms with Gasteiger partial charge in [-0.2, -0.15) is 4.37 Å². The second kappa shape index (κ2) is 3.63. The third kappa shape index (κ3) is 1.58. The number of imidazole rings is 1. The zero-order valence-corrected chi connectivity index (χ0v) is 7.74. The van der Waals surface area contributed by atoms with Gasteiger partial charge in [0.15, 0.2) is 0 Å². The highest BCUT2D eigenvalue weighted by Gasteiger charge is 2.05. The number of rotatable bonds is 3. The minimum atomic E-state index is 0.593. The molecule has 0 saturated heterocycles. The van der Waals surface area contributed by atoms with Crippen LogP contribution in [0.1, 0.15) is 5.82 Å². The van der Waals surface area contributed by atoms with E-state index in [1.165, 1.54) is 17.9 Å². The highest BCUT2D eigenvalue weighted by Crippen LogP contribution is 2.10. The van der Waals surface area contributed by atoms with E-state index in [1.807, 2.05) is 10.8 Å². The smallest absolute Gasteiger partial charge is 0.214 e. The van der Waals surface area contributed by atoms with Crippen LogP contribution in [0, 0.1) is 0 Å². The summed E-state index contributed by atoms with van der Waals surface area (Å²) in [7, 11) is 0. The average molecular weight is 195 g/mol. The van der Waals surface area contributed by atoms with Gasteiger partial charge in [0.1, 0.15) is 12.2 Å². The van der Waals surface area contributed by atoms with Gasteiger partial charge in [0, 0.05) is 30.3 Å². The second-order valence-electron chi connectivity index (χ2n) is 2.48. The van der Waals surface area contributed by atoms with Crippen molar-refractivity contribution < 1.29 is 0 Å². The number of hydrogen-bond donors (Lipinski definition) is 1. The molecule has 2 heterocycles. The van der Waals surface area contributed by atoms with Crippen LogP contribution in [0.15, 0.2) is 18.7 Å². The number of hydrogen-bond acceptors (Lipinski definition) is 5. The molecule has 2 aromatic rings. The Morgan fingerprint density at radius 1 is 1.46 bits per heavy atom. The Labute approximate surface area is 79.4 Å². The minimum Gasteiger partial charge on any atom is -0.330 e. The first-order valence-electron chi connectivity index (χ1n) is 3.91. The van der Waals surface area contributed by atoms with Crippen LogP contribution in [0.4, 0.5) is 0 Å². The molecule has 2 aromatic heterocycles. The van der Waals surface area contributed by atoms with Crippen LogP contribution in [0.5, 0.6) is 0 Å². The fourth-order valence-corrected chi connectivity index (χ4v) is 1.63. The van der Waals surface area contributed by atoms with E-state index in [1.54, 1.807) is 6.20 Å². The Bertz CT molecular complexity index is 366. The Hall–Kier alpha value is -1.27. The Morgan fingerprint density at radius 2 is 2.38 bits per heavy atom. The lowest BCUT2D eigenvalue weighted by Crippen LogP contribution is -2.08. The predicted molar refractivity (Wildman–Crippen MR) is 49.8 cm³/mol. The van der Waals surface area contributed by atoms with E-state index in [-0.39, 0.29) is 0 Å². The summed E-state index contributed by atoms with van der Waals surface area (Å²) in [5.74, 6) is 0.930. The van der Waals surface area contributed by atoms with Gasteiger partial charge >= 0.3 is 0 Å². The van der Waals surface area contributed by atoms with Crippen LogP contribution in [0.2, 0.25) is 0 Å². The van der Waals surface area contributed by atoms with Crippen LogP contribution < -0.4 is 5.73 Å². The monoisotopic (exact) mass is 195 g/mol. The van der Waals surface area contributed by atoms with Crippen molar-refractivity contribution in [1.29, 1.82) is 0 Å². The summed E-state index contributed by atoms with van der Waals surface area (Å²) in [5, 5.41) is 0.834. The highest BCUT2D eigenvalue weighted by molar-refractivity contribution is 7.07. The molecule has 68 valence electrons. The topological polar surface area (TPSA) is 69.6 Å². The maximum Gasteiger partial charge on any atom is 0.214 e. The zero-order valence-electron chi connectivity index (χ0n) is 6.92. The molecule has 2 N–H and O–H groups in total. The second-order valence-corrected chi connectivity index (χ2v) is 3.23. The van der Waals surface area contributed by atoms with E-state index >= 15 is 0 Å². The third-order valence-electron chi connectivity index (χ3n) is 1.64. The van der Waals surface area contributed by atoms with Crippen molar-refractivity contribution in [1.82, 2.24) is 18.9 Å². The first kappa shape index (κ1) is 8.33. The van der Waals surface area contributed by atoms with Crippen molar-refractivity contribution >= 4 is 11.5 Å². The van der Waals surface area contributed by atoms with Gasteiger partial charge in [-0.15, -0.1) is 0 Å². The summed E-state index contributed by atoms with van der Waals surface area (Å²) < 4.78 is 5.84. The van der Waals surface area contributed by atoms with Crippen molar-refractivity contribution in [3.63, 3.8) is 0 Å². The molecular weight excluding hydrogens is 186 g/mol. The van der Waals surface area contributed by atoms with Crippen molar-refractivity contribution in [3.8, 4) is 5.13 Å². The standard InChI is InChI=1S/C7H9N5S/c8-2-1-6-9-3-4-12(6)7-10-5-11-13-7/h3-5H,1-2,8H2. The summed E-state index contributed by atoms with van der Waals surface area (Å²) in [6.45, 7) is 0.593. The summed E-state index contributed by atoms with van der Waals surface area (Å²) in [4.78, 5) is 8.27. The molecule has 0 unspecified atom stereocenters. The van der Waals surface area contributed by atoms with Crippen molar-refractivity contribution in [2.24, 2.45) is 5.73 Å². The summed E-state index contributed by atoms with van der Waals surface area (Å²) in [6, 6.07) is 0. The van der Waals surface area contributed by atoms with Gasteiger partial charge in [-0.1, -0.05) is 0 Å². The Balaban J connectivity index is 2.35. The molecule has 5 nitrogen and oxygen atoms in total. The average Bonchev–Trinajstić information content (AvgIpc) is 2.71. The summed E-state index contributed by atoms with van der Waals surface area (Å²) in [6.07, 6.45) is 5.90. The van der Waals surface area contributed by atoms with Gasteiger partial charge in [0.05, 0.1) is 0 Å². The highest BCUT2D eigenvalue weighted by atomic mass is 32.1. The van der Waals surface area contributed by atoms with Crippen LogP contribution >= 0.6 is 11.5 Å². The molecule has 13 heavy (non-hydrogen) atoms. The first-order valence-corrected chi connectivity index (χ1v) is 4.68. The van der Waals surface area contributed by atoms with E-state index in [0.717, 1.165) is 17.4 Å². The molecule has 0 bridgehead atoms. The van der Waals surface area contributed by atoms with Gasteiger partial charge < -0.3 is 5.73 Å². The number of nitrogens with zero attached hydrogens (tertiary/aromatic N) is 4. The fraction of sp³-hybridized carbons (Fsp3) is 0.286. The predicted octanol–water partition coefficient (Wildman–Crippen LogP) is 0.225. The minimum absolute atomic E-state index is 0.593. The van der Waals surface area contributed by atoms with Crippen LogP contribution in [0.3, 0.4) is 0 Å². The molecule has 0 aliphatic rings. The lowest BCUT2D eigenvalue weighted by atomic mass is 10.4. The SMILES string of the molecule is NCCc1nccn1-c1ncns1. The molecule has 0 aromatic carbocycles. The zero-order chi connectivity index (χ0) is 9.10. The fourth-order valence-electron chi connectivity index (χ4n) is 1.10. The quantitative estimate of drug-likeness (QED) is 0.761. The molecule has 0 fully saturated rings. The van der Waals surface area contributed by atoms with Crippen LogP contribution in [-0.4, -0.2) is 25.5 Å². The lowest BCUT2D eigenvalue weighted by Gasteiger charge is -2.00. The molecule has 0 amide bonds. The van der Waals surface area contributed by atoms with Crippen molar-refractivity contribution in [3.05, 3.63) is 24.5 Å². The molecular formula is C7H9N5S. The summed E-state index contributed by atoms with van der Waals surface area (Å²) in [5.41, 5.74) is 5.46. The van der Waals surface area contributed by atoms with E-state index in [4.69, 9.17) is 5.73 Å². The number of nitrogens with two attached hydrogens (primary N) is 1. The van der Waals surface area contributed by atoms with Crippen molar-refractivity contribution in [2.45, 2.75) is 6.42 Å². The Morgan fingerprint density at radius 3 is 3.08 bits per heavy atom. The van der Waals surface area contributed by atoms with E-state index in [9.17, 15) is 0 Å². The van der Waals surface area contributed by atoms with Crippen LogP contribution in [0.25, 0.3) is 5.13 Å². The van der Waals surface area contributed by atoms with E-state index < -0.39 is 0 Å². The van der Waals surface area contributed by atoms with Crippen molar-refractivity contribution in [2.75, 3.05) is 6.54 Å². The molecule has 0 aliphatic carbocycles. The normalized spacial score (nSPS) is 10.5.